The van der Waals surface area contributed by atoms with Crippen molar-refractivity contribution in [1.29, 1.82) is 0 Å². The number of hydrogen-bond donors (Lipinski definition) is 0. The molecule has 1 unspecified atom stereocenters. The fourth-order valence-corrected chi connectivity index (χ4v) is 3.36. The molecule has 1 aromatic heterocycles. The van der Waals surface area contributed by atoms with E-state index in [9.17, 15) is 4.79 Å². The van der Waals surface area contributed by atoms with Gasteiger partial charge in [-0.25, -0.2) is 4.79 Å². The Morgan fingerprint density at radius 1 is 1.63 bits per heavy atom. The van der Waals surface area contributed by atoms with E-state index < -0.39 is 0 Å². The Bertz CT molecular complexity index is 447. The third-order valence-electron chi connectivity index (χ3n) is 3.26. The highest BCUT2D eigenvalue weighted by Crippen LogP contribution is 2.20. The van der Waals surface area contributed by atoms with Crippen molar-refractivity contribution in [3.63, 3.8) is 0 Å². The molecule has 1 atom stereocenters. The maximum absolute atomic E-state index is 11.9. The molecule has 106 valence electrons. The van der Waals surface area contributed by atoms with Crippen LogP contribution in [0, 0.1) is 0 Å². The van der Waals surface area contributed by atoms with Crippen LogP contribution in [0.4, 0.5) is 0 Å². The summed E-state index contributed by atoms with van der Waals surface area (Å²) in [6, 6.07) is 0. The molecule has 0 aliphatic carbocycles. The average molecular weight is 283 g/mol. The number of rotatable bonds is 4. The second-order valence-electron chi connectivity index (χ2n) is 4.77. The van der Waals surface area contributed by atoms with Gasteiger partial charge in [0.05, 0.1) is 18.5 Å². The third kappa shape index (κ3) is 3.51. The van der Waals surface area contributed by atoms with Crippen molar-refractivity contribution in [3.8, 4) is 0 Å². The van der Waals surface area contributed by atoms with Crippen LogP contribution >= 0.6 is 11.8 Å². The summed E-state index contributed by atoms with van der Waals surface area (Å²) >= 11 is 2.00. The van der Waals surface area contributed by atoms with Gasteiger partial charge in [-0.2, -0.15) is 16.9 Å². The smallest absolute Gasteiger partial charge is 0.341 e. The van der Waals surface area contributed by atoms with Gasteiger partial charge in [0.15, 0.2) is 0 Å². The molecule has 1 aliphatic rings. The van der Waals surface area contributed by atoms with Crippen molar-refractivity contribution in [2.75, 3.05) is 25.4 Å². The summed E-state index contributed by atoms with van der Waals surface area (Å²) in [6.07, 6.45) is 1.61. The molecule has 6 heteroatoms. The van der Waals surface area contributed by atoms with Crippen molar-refractivity contribution in [3.05, 3.63) is 17.5 Å². The number of nitrogens with zero attached hydrogens (tertiary/aromatic N) is 3. The highest BCUT2D eigenvalue weighted by Gasteiger charge is 2.22. The molecule has 1 fully saturated rings. The van der Waals surface area contributed by atoms with Crippen LogP contribution in [0.5, 0.6) is 0 Å². The quantitative estimate of drug-likeness (QED) is 0.784. The van der Waals surface area contributed by atoms with Gasteiger partial charge < -0.3 is 4.74 Å². The maximum atomic E-state index is 11.9. The zero-order valence-corrected chi connectivity index (χ0v) is 12.6. The summed E-state index contributed by atoms with van der Waals surface area (Å²) in [6.45, 7) is 7.32. The first kappa shape index (κ1) is 14.4. The Labute approximate surface area is 118 Å². The van der Waals surface area contributed by atoms with E-state index in [4.69, 9.17) is 4.74 Å². The standard InChI is InChI=1S/C13H21N3O2S/c1-4-18-13(17)11-7-14-15(3)12(11)9-16-5-6-19-10(2)8-16/h7,10H,4-6,8-9H2,1-3H3. The lowest BCUT2D eigenvalue weighted by atomic mass is 10.2. The summed E-state index contributed by atoms with van der Waals surface area (Å²) in [5, 5.41) is 4.83. The largest absolute Gasteiger partial charge is 0.462 e. The first-order chi connectivity index (χ1) is 9.11. The van der Waals surface area contributed by atoms with Gasteiger partial charge >= 0.3 is 5.97 Å². The number of aromatic nitrogens is 2. The second-order valence-corrected chi connectivity index (χ2v) is 6.31. The number of thioether (sulfide) groups is 1. The van der Waals surface area contributed by atoms with Gasteiger partial charge in [-0.15, -0.1) is 0 Å². The SMILES string of the molecule is CCOC(=O)c1cnn(C)c1CN1CCSC(C)C1. The maximum Gasteiger partial charge on any atom is 0.341 e. The zero-order chi connectivity index (χ0) is 13.8. The molecule has 0 N–H and O–H groups in total. The van der Waals surface area contributed by atoms with E-state index in [0.29, 0.717) is 17.4 Å². The van der Waals surface area contributed by atoms with Crippen LogP contribution in [-0.2, 0) is 18.3 Å². The number of aryl methyl sites for hydroxylation is 1. The molecule has 1 aliphatic heterocycles. The van der Waals surface area contributed by atoms with Crippen molar-refractivity contribution in [2.24, 2.45) is 7.05 Å². The van der Waals surface area contributed by atoms with Crippen molar-refractivity contribution >= 4 is 17.7 Å². The minimum absolute atomic E-state index is 0.273. The van der Waals surface area contributed by atoms with E-state index in [2.05, 4.69) is 16.9 Å². The number of esters is 1. The second kappa shape index (κ2) is 6.43. The fourth-order valence-electron chi connectivity index (χ4n) is 2.28. The summed E-state index contributed by atoms with van der Waals surface area (Å²) in [5.74, 6) is 0.873. The van der Waals surface area contributed by atoms with Crippen LogP contribution in [0.15, 0.2) is 6.20 Å². The van der Waals surface area contributed by atoms with Gasteiger partial charge in [-0.05, 0) is 6.92 Å². The van der Waals surface area contributed by atoms with E-state index >= 15 is 0 Å². The van der Waals surface area contributed by atoms with Crippen LogP contribution in [0.3, 0.4) is 0 Å². The molecule has 1 saturated heterocycles. The molecule has 1 aromatic rings. The number of carbonyl (C=O) groups excluding carboxylic acids is 1. The molecule has 0 saturated carbocycles. The number of carbonyl (C=O) groups is 1. The monoisotopic (exact) mass is 283 g/mol. The molecule has 2 heterocycles. The van der Waals surface area contributed by atoms with E-state index in [0.717, 1.165) is 31.1 Å². The first-order valence-electron chi connectivity index (χ1n) is 6.63. The highest BCUT2D eigenvalue weighted by atomic mass is 32.2. The highest BCUT2D eigenvalue weighted by molar-refractivity contribution is 7.99. The van der Waals surface area contributed by atoms with Gasteiger partial charge in [0.25, 0.3) is 0 Å². The molecule has 0 spiro atoms. The lowest BCUT2D eigenvalue weighted by molar-refractivity contribution is 0.0523. The van der Waals surface area contributed by atoms with Crippen LogP contribution < -0.4 is 0 Å². The van der Waals surface area contributed by atoms with E-state index in [1.165, 1.54) is 0 Å². The Morgan fingerprint density at radius 3 is 3.11 bits per heavy atom. The van der Waals surface area contributed by atoms with Gasteiger partial charge in [0.1, 0.15) is 5.56 Å². The fraction of sp³-hybridized carbons (Fsp3) is 0.692. The first-order valence-corrected chi connectivity index (χ1v) is 7.68. The molecule has 0 bridgehead atoms. The topological polar surface area (TPSA) is 47.4 Å². The molecule has 0 amide bonds. The molecular formula is C13H21N3O2S. The van der Waals surface area contributed by atoms with Crippen LogP contribution in [-0.4, -0.2) is 51.3 Å². The van der Waals surface area contributed by atoms with Gasteiger partial charge in [0, 0.05) is 37.7 Å². The Hall–Kier alpha value is -1.01. The Kier molecular flexibility index (Phi) is 4.87. The third-order valence-corrected chi connectivity index (χ3v) is 4.39. The minimum atomic E-state index is -0.273. The summed E-state index contributed by atoms with van der Waals surface area (Å²) < 4.78 is 6.85. The van der Waals surface area contributed by atoms with Crippen LogP contribution in [0.1, 0.15) is 29.9 Å². The minimum Gasteiger partial charge on any atom is -0.462 e. The number of hydrogen-bond acceptors (Lipinski definition) is 5. The molecule has 0 radical (unpaired) electrons. The summed E-state index contributed by atoms with van der Waals surface area (Å²) in [7, 11) is 1.88. The van der Waals surface area contributed by atoms with Crippen LogP contribution in [0.2, 0.25) is 0 Å². The van der Waals surface area contributed by atoms with E-state index in [-0.39, 0.29) is 5.97 Å². The lowest BCUT2D eigenvalue weighted by Gasteiger charge is -2.30. The summed E-state index contributed by atoms with van der Waals surface area (Å²) in [5.41, 5.74) is 1.53. The zero-order valence-electron chi connectivity index (χ0n) is 11.8. The molecule has 19 heavy (non-hydrogen) atoms. The van der Waals surface area contributed by atoms with Crippen molar-refractivity contribution < 1.29 is 9.53 Å². The number of ether oxygens (including phenoxy) is 1. The molecule has 5 nitrogen and oxygen atoms in total. The van der Waals surface area contributed by atoms with Crippen molar-refractivity contribution in [2.45, 2.75) is 25.6 Å². The van der Waals surface area contributed by atoms with Gasteiger partial charge in [0.2, 0.25) is 0 Å². The predicted molar refractivity (Wildman–Crippen MR) is 76.4 cm³/mol. The van der Waals surface area contributed by atoms with Crippen LogP contribution in [0.25, 0.3) is 0 Å². The molecule has 0 aromatic carbocycles. The molecular weight excluding hydrogens is 262 g/mol. The lowest BCUT2D eigenvalue weighted by Crippen LogP contribution is -2.37. The van der Waals surface area contributed by atoms with Gasteiger partial charge in [-0.3, -0.25) is 9.58 Å². The van der Waals surface area contributed by atoms with E-state index in [1.54, 1.807) is 10.9 Å². The van der Waals surface area contributed by atoms with Gasteiger partial charge in [-0.1, -0.05) is 6.92 Å². The molecule has 2 rings (SSSR count). The predicted octanol–water partition coefficient (Wildman–Crippen LogP) is 1.53. The van der Waals surface area contributed by atoms with E-state index in [1.807, 2.05) is 25.7 Å². The normalized spacial score (nSPS) is 20.5. The summed E-state index contributed by atoms with van der Waals surface area (Å²) in [4.78, 5) is 14.3. The average Bonchev–Trinajstić information content (AvgIpc) is 2.72. The van der Waals surface area contributed by atoms with Crippen molar-refractivity contribution in [1.82, 2.24) is 14.7 Å². The Balaban J connectivity index is 2.10. The Morgan fingerprint density at radius 2 is 2.42 bits per heavy atom.